The molecule has 11 nitrogen and oxygen atoms in total. The third-order valence-electron chi connectivity index (χ3n) is 9.34. The van der Waals surface area contributed by atoms with E-state index < -0.39 is 22.8 Å². The predicted molar refractivity (Wildman–Crippen MR) is 185 cm³/mol. The van der Waals surface area contributed by atoms with Crippen molar-refractivity contribution in [2.45, 2.75) is 49.4 Å². The van der Waals surface area contributed by atoms with E-state index in [1.807, 2.05) is 12.1 Å². The zero-order valence-electron chi connectivity index (χ0n) is 27.1. The molecule has 0 saturated heterocycles. The number of carbonyl (C=O) groups excluding carboxylic acids is 3. The van der Waals surface area contributed by atoms with Crippen LogP contribution in [0.3, 0.4) is 0 Å². The van der Waals surface area contributed by atoms with Gasteiger partial charge >= 0.3 is 30.8 Å². The summed E-state index contributed by atoms with van der Waals surface area (Å²) in [5, 5.41) is 9.10. The third kappa shape index (κ3) is 6.93. The van der Waals surface area contributed by atoms with Gasteiger partial charge in [-0.25, -0.2) is 9.59 Å². The third-order valence-corrected chi connectivity index (χ3v) is 10.2. The number of Topliss-reactive ketones (excluding diaryl/α,β-unsaturated/α-hetero) is 2. The number of rotatable bonds is 2. The van der Waals surface area contributed by atoms with Crippen LogP contribution in [0.4, 0.5) is 0 Å². The number of nitrogens with zero attached hydrogens (tertiary/aromatic N) is 4. The molecule has 0 unspecified atom stereocenters. The second-order valence-electron chi connectivity index (χ2n) is 11.8. The minimum Gasteiger partial charge on any atom is -0.870 e. The smallest absolute Gasteiger partial charge is 0.870 e. The van der Waals surface area contributed by atoms with Crippen LogP contribution in [0.2, 0.25) is 0 Å². The molecule has 4 aromatic heterocycles. The SMILES string of the molecule is COC(=O)c1cnc2c(c1)C[C@@]1(C2)C(=O)Cc2ncc(Br)cc21.O=C(O)c1cnc2c(c1)C[C@@]1(C2)C(=O)Cc2ncc(Br)cc21.[B].[B][B].[Li+].[OH-]. The van der Waals surface area contributed by atoms with Crippen molar-refractivity contribution >= 4 is 79.3 Å². The molecule has 0 aromatic carbocycles. The molecule has 4 aliphatic rings. The number of methoxy groups -OCH3 is 1. The molecule has 4 heterocycles. The molecule has 243 valence electrons. The number of pyridine rings is 4. The molecule has 2 N–H and O–H groups in total. The maximum atomic E-state index is 12.7. The fourth-order valence-electron chi connectivity index (χ4n) is 7.16. The molecule has 0 bridgehead atoms. The molecule has 0 fully saturated rings. The molecule has 2 atom stereocenters. The number of aromatic nitrogens is 4. The molecule has 50 heavy (non-hydrogen) atoms. The Morgan fingerprint density at radius 3 is 1.54 bits per heavy atom. The van der Waals surface area contributed by atoms with Crippen molar-refractivity contribution in [1.82, 2.24) is 19.9 Å². The van der Waals surface area contributed by atoms with E-state index in [4.69, 9.17) is 9.84 Å². The Labute approximate surface area is 321 Å². The summed E-state index contributed by atoms with van der Waals surface area (Å²) in [5.74, 6) is -1.10. The van der Waals surface area contributed by atoms with Crippen LogP contribution in [0.5, 0.6) is 0 Å². The number of hydrogen-bond donors (Lipinski definition) is 1. The van der Waals surface area contributed by atoms with E-state index in [-0.39, 0.29) is 49.9 Å². The van der Waals surface area contributed by atoms with Gasteiger partial charge in [-0.05, 0) is 91.2 Å². The Morgan fingerprint density at radius 1 is 0.720 bits per heavy atom. The summed E-state index contributed by atoms with van der Waals surface area (Å²) in [7, 11) is 9.34. The topological polar surface area (TPSA) is 179 Å². The summed E-state index contributed by atoms with van der Waals surface area (Å²) < 4.78 is 6.45. The zero-order valence-corrected chi connectivity index (χ0v) is 30.2. The van der Waals surface area contributed by atoms with Crippen LogP contribution in [0.25, 0.3) is 0 Å². The second-order valence-corrected chi connectivity index (χ2v) is 13.7. The van der Waals surface area contributed by atoms with Crippen molar-refractivity contribution in [2.75, 3.05) is 7.11 Å². The van der Waals surface area contributed by atoms with Crippen molar-refractivity contribution in [3.63, 3.8) is 0 Å². The number of carboxylic acids is 1. The maximum absolute atomic E-state index is 12.7. The molecule has 0 aliphatic heterocycles. The van der Waals surface area contributed by atoms with Crippen molar-refractivity contribution in [3.8, 4) is 0 Å². The molecule has 0 amide bonds. The van der Waals surface area contributed by atoms with E-state index in [0.717, 1.165) is 54.0 Å². The van der Waals surface area contributed by atoms with Gasteiger partial charge in [-0.3, -0.25) is 29.5 Å². The van der Waals surface area contributed by atoms with Gasteiger partial charge in [0.1, 0.15) is 11.6 Å². The molecular formula is C33H25B3Br2LiN4O7. The van der Waals surface area contributed by atoms with Gasteiger partial charge in [0, 0.05) is 94.7 Å². The predicted octanol–water partition coefficient (Wildman–Crippen LogP) is -0.0286. The monoisotopic (exact) mass is 787 g/mol. The average Bonchev–Trinajstić information content (AvgIpc) is 3.79. The number of ether oxygens (including phenoxy) is 1. The van der Waals surface area contributed by atoms with Gasteiger partial charge in [-0.1, -0.05) is 0 Å². The Bertz CT molecular complexity index is 2020. The Kier molecular flexibility index (Phi) is 13.0. The van der Waals surface area contributed by atoms with Crippen LogP contribution in [0.1, 0.15) is 65.7 Å². The number of hydrogen-bond acceptors (Lipinski definition) is 10. The van der Waals surface area contributed by atoms with Gasteiger partial charge < -0.3 is 15.3 Å². The van der Waals surface area contributed by atoms with E-state index in [1.165, 1.54) is 19.5 Å². The number of aromatic carboxylic acids is 1. The number of halogens is 2. The standard InChI is InChI=1S/C17H13BrN2O3.C16H11BrN2O3.B2.B.Li.H2O/c1-23-16(22)10-2-9-5-17(6-14(9)19-7-10)12-3-11(18)8-20-13(12)4-15(17)21;17-10-2-11-12(19-7-10)3-14(20)16(11)4-8-1-9(15(21)22)6-18-13(8)5-16;1-2;;;/h2-3,7-8H,4-6H2,1H3;1-2,6-7H,3-5H2,(H,21,22);;;;1H2/q;;;;+1;/p-1/t17-;16-;;;;/m00..../s1. The molecular weight excluding hydrogens is 764 g/mol. The largest absolute Gasteiger partial charge is 1.00 e. The van der Waals surface area contributed by atoms with Crippen molar-refractivity contribution < 1.29 is 53.4 Å². The van der Waals surface area contributed by atoms with Gasteiger partial charge in [0.05, 0.1) is 40.5 Å². The second kappa shape index (κ2) is 15.9. The van der Waals surface area contributed by atoms with E-state index in [1.54, 1.807) is 24.5 Å². The van der Waals surface area contributed by atoms with Crippen LogP contribution in [0.15, 0.2) is 58.0 Å². The number of fused-ring (bicyclic) bond motifs is 6. The van der Waals surface area contributed by atoms with Crippen LogP contribution in [-0.2, 0) is 63.7 Å². The number of carboxylic acid groups (broad SMARTS) is 1. The molecule has 7 radical (unpaired) electrons. The molecule has 4 aliphatic carbocycles. The van der Waals surface area contributed by atoms with E-state index in [0.29, 0.717) is 44.1 Å². The van der Waals surface area contributed by atoms with Gasteiger partial charge in [-0.2, -0.15) is 0 Å². The van der Waals surface area contributed by atoms with Crippen LogP contribution < -0.4 is 18.9 Å². The molecule has 4 aromatic rings. The van der Waals surface area contributed by atoms with Crippen LogP contribution in [-0.4, -0.2) is 85.0 Å². The van der Waals surface area contributed by atoms with Crippen molar-refractivity contribution in [3.05, 3.63) is 114 Å². The normalized spacial score (nSPS) is 19.6. The van der Waals surface area contributed by atoms with Crippen LogP contribution in [0, 0.1) is 0 Å². The Hall–Kier alpha value is -3.41. The van der Waals surface area contributed by atoms with E-state index in [2.05, 4.69) is 67.3 Å². The average molecular weight is 789 g/mol. The molecule has 8 rings (SSSR count). The van der Waals surface area contributed by atoms with E-state index >= 15 is 0 Å². The number of carbonyl (C=O) groups is 4. The van der Waals surface area contributed by atoms with Crippen molar-refractivity contribution in [1.29, 1.82) is 0 Å². The Balaban J connectivity index is 0.000000244. The first-order valence-corrected chi connectivity index (χ1v) is 16.1. The summed E-state index contributed by atoms with van der Waals surface area (Å²) in [4.78, 5) is 65.6. The van der Waals surface area contributed by atoms with Crippen molar-refractivity contribution in [2.24, 2.45) is 0 Å². The first-order valence-electron chi connectivity index (χ1n) is 14.5. The maximum Gasteiger partial charge on any atom is 1.00 e. The minimum atomic E-state index is -1.00. The number of ketones is 2. The quantitative estimate of drug-likeness (QED) is 0.213. The van der Waals surface area contributed by atoms with E-state index in [9.17, 15) is 19.2 Å². The fourth-order valence-corrected chi connectivity index (χ4v) is 7.82. The summed E-state index contributed by atoms with van der Waals surface area (Å²) in [6, 6.07) is 7.37. The van der Waals surface area contributed by atoms with Crippen LogP contribution >= 0.6 is 31.9 Å². The summed E-state index contributed by atoms with van der Waals surface area (Å²) in [6.45, 7) is 0. The first kappa shape index (κ1) is 41.0. The summed E-state index contributed by atoms with van der Waals surface area (Å²) in [6.07, 6.45) is 9.14. The molecule has 0 saturated carbocycles. The first-order chi connectivity index (χ1) is 22.5. The Morgan fingerprint density at radius 2 is 1.12 bits per heavy atom. The molecule has 2 spiro atoms. The number of esters is 1. The van der Waals surface area contributed by atoms with Gasteiger partial charge in [0.2, 0.25) is 0 Å². The summed E-state index contributed by atoms with van der Waals surface area (Å²) in [5.41, 5.74) is 6.43. The minimum absolute atomic E-state index is 0. The van der Waals surface area contributed by atoms with Gasteiger partial charge in [0.15, 0.2) is 0 Å². The molecule has 17 heteroatoms. The van der Waals surface area contributed by atoms with Gasteiger partial charge in [-0.15, -0.1) is 0 Å². The fraction of sp³-hybridized carbons (Fsp3) is 0.273. The van der Waals surface area contributed by atoms with Gasteiger partial charge in [0.25, 0.3) is 0 Å². The summed E-state index contributed by atoms with van der Waals surface area (Å²) >= 11 is 6.85. The zero-order chi connectivity index (χ0) is 33.7.